The minimum atomic E-state index is -0.552. The van der Waals surface area contributed by atoms with Crippen molar-refractivity contribution in [3.05, 3.63) is 81.6 Å². The Labute approximate surface area is 162 Å². The Balaban J connectivity index is 1.85. The van der Waals surface area contributed by atoms with Crippen molar-refractivity contribution in [3.63, 3.8) is 0 Å². The van der Waals surface area contributed by atoms with Crippen molar-refractivity contribution in [2.45, 2.75) is 13.5 Å². The van der Waals surface area contributed by atoms with Crippen LogP contribution in [0.5, 0.6) is 11.6 Å². The zero-order valence-electron chi connectivity index (χ0n) is 15.9. The summed E-state index contributed by atoms with van der Waals surface area (Å²) in [6.07, 6.45) is 0. The maximum atomic E-state index is 12.5. The second-order valence-electron chi connectivity index (χ2n) is 6.18. The molecule has 0 atom stereocenters. The first-order valence-corrected chi connectivity index (χ1v) is 8.68. The van der Waals surface area contributed by atoms with E-state index in [9.17, 15) is 9.59 Å². The van der Waals surface area contributed by atoms with E-state index in [0.29, 0.717) is 5.69 Å². The molecule has 0 unspecified atom stereocenters. The Morgan fingerprint density at radius 2 is 1.71 bits per heavy atom. The third-order valence-corrected chi connectivity index (χ3v) is 4.21. The van der Waals surface area contributed by atoms with Crippen molar-refractivity contribution in [2.75, 3.05) is 14.2 Å². The lowest BCUT2D eigenvalue weighted by Crippen LogP contribution is -2.31. The van der Waals surface area contributed by atoms with Gasteiger partial charge in [-0.1, -0.05) is 29.8 Å². The normalized spacial score (nSPS) is 10.4. The number of ether oxygens (including phenoxy) is 2. The van der Waals surface area contributed by atoms with Crippen LogP contribution in [0.25, 0.3) is 5.69 Å². The maximum Gasteiger partial charge on any atom is 0.276 e. The number of hydrogen-bond acceptors (Lipinski definition) is 5. The molecule has 7 nitrogen and oxygen atoms in total. The molecule has 0 fully saturated rings. The first kappa shape index (κ1) is 19.2. The molecule has 1 aromatic heterocycles. The highest BCUT2D eigenvalue weighted by Gasteiger charge is 2.17. The monoisotopic (exact) mass is 379 g/mol. The summed E-state index contributed by atoms with van der Waals surface area (Å²) < 4.78 is 11.8. The predicted molar refractivity (Wildman–Crippen MR) is 105 cm³/mol. The lowest BCUT2D eigenvalue weighted by molar-refractivity contribution is 0.0942. The second kappa shape index (κ2) is 8.39. The number of methoxy groups -OCH3 is 2. The van der Waals surface area contributed by atoms with Crippen LogP contribution in [0, 0.1) is 6.92 Å². The van der Waals surface area contributed by atoms with E-state index in [1.54, 1.807) is 19.2 Å². The van der Waals surface area contributed by atoms with E-state index >= 15 is 0 Å². The van der Waals surface area contributed by atoms with Crippen LogP contribution in [0.1, 0.15) is 21.6 Å². The summed E-state index contributed by atoms with van der Waals surface area (Å²) in [5.74, 6) is 0.428. The second-order valence-corrected chi connectivity index (χ2v) is 6.18. The largest absolute Gasteiger partial charge is 0.497 e. The molecule has 0 aliphatic heterocycles. The van der Waals surface area contributed by atoms with Gasteiger partial charge in [0, 0.05) is 6.54 Å². The van der Waals surface area contributed by atoms with Gasteiger partial charge in [0.05, 0.1) is 26.0 Å². The number of amides is 1. The summed E-state index contributed by atoms with van der Waals surface area (Å²) in [6.45, 7) is 2.23. The first-order chi connectivity index (χ1) is 13.5. The fourth-order valence-corrected chi connectivity index (χ4v) is 2.62. The fraction of sp³-hybridized carbons (Fsp3) is 0.190. The Bertz CT molecular complexity index is 1030. The zero-order valence-corrected chi connectivity index (χ0v) is 15.9. The van der Waals surface area contributed by atoms with Crippen LogP contribution >= 0.6 is 0 Å². The van der Waals surface area contributed by atoms with Crippen molar-refractivity contribution >= 4 is 5.91 Å². The van der Waals surface area contributed by atoms with E-state index < -0.39 is 11.3 Å². The molecule has 3 rings (SSSR count). The van der Waals surface area contributed by atoms with E-state index in [0.717, 1.165) is 16.9 Å². The molecule has 0 saturated carbocycles. The highest BCUT2D eigenvalue weighted by atomic mass is 16.5. The lowest BCUT2D eigenvalue weighted by Gasteiger charge is -2.13. The van der Waals surface area contributed by atoms with Gasteiger partial charge >= 0.3 is 0 Å². The summed E-state index contributed by atoms with van der Waals surface area (Å²) >= 11 is 0. The van der Waals surface area contributed by atoms with E-state index in [4.69, 9.17) is 9.47 Å². The van der Waals surface area contributed by atoms with Crippen molar-refractivity contribution in [3.8, 4) is 17.3 Å². The molecule has 144 valence electrons. The number of aromatic nitrogens is 2. The third-order valence-electron chi connectivity index (χ3n) is 4.21. The van der Waals surface area contributed by atoms with Gasteiger partial charge in [-0.3, -0.25) is 9.59 Å². The SMILES string of the molecule is COc1ccc(CNC(=O)c2nn(-c3ccc(C)cc3)c(OC)cc2=O)cc1. The van der Waals surface area contributed by atoms with Crippen molar-refractivity contribution in [2.24, 2.45) is 0 Å². The number of carbonyl (C=O) groups excluding carboxylic acids is 1. The smallest absolute Gasteiger partial charge is 0.276 e. The highest BCUT2D eigenvalue weighted by Crippen LogP contribution is 2.16. The summed E-state index contributed by atoms with van der Waals surface area (Å²) in [7, 11) is 3.04. The zero-order chi connectivity index (χ0) is 20.1. The summed E-state index contributed by atoms with van der Waals surface area (Å²) in [5.41, 5.74) is 1.94. The summed E-state index contributed by atoms with van der Waals surface area (Å²) in [5, 5.41) is 6.95. The quantitative estimate of drug-likeness (QED) is 0.712. The molecule has 0 aliphatic rings. The first-order valence-electron chi connectivity index (χ1n) is 8.68. The number of benzene rings is 2. The van der Waals surface area contributed by atoms with E-state index in [-0.39, 0.29) is 18.1 Å². The number of aryl methyl sites for hydroxylation is 1. The predicted octanol–water partition coefficient (Wildman–Crippen LogP) is 2.49. The number of carbonyl (C=O) groups is 1. The minimum absolute atomic E-state index is 0.199. The number of nitrogens with one attached hydrogen (secondary N) is 1. The number of hydrogen-bond donors (Lipinski definition) is 1. The fourth-order valence-electron chi connectivity index (χ4n) is 2.62. The minimum Gasteiger partial charge on any atom is -0.497 e. The van der Waals surface area contributed by atoms with Gasteiger partial charge in [-0.25, -0.2) is 4.68 Å². The molecule has 7 heteroatoms. The van der Waals surface area contributed by atoms with Crippen LogP contribution in [0.4, 0.5) is 0 Å². The van der Waals surface area contributed by atoms with Crippen LogP contribution in [0.15, 0.2) is 59.4 Å². The van der Waals surface area contributed by atoms with Crippen LogP contribution in [-0.4, -0.2) is 29.9 Å². The van der Waals surface area contributed by atoms with Crippen molar-refractivity contribution in [1.29, 1.82) is 0 Å². The molecule has 28 heavy (non-hydrogen) atoms. The van der Waals surface area contributed by atoms with E-state index in [1.165, 1.54) is 17.9 Å². The Morgan fingerprint density at radius 3 is 2.32 bits per heavy atom. The summed E-state index contributed by atoms with van der Waals surface area (Å²) in [4.78, 5) is 24.9. The maximum absolute atomic E-state index is 12.5. The van der Waals surface area contributed by atoms with Gasteiger partial charge in [-0.2, -0.15) is 5.10 Å². The molecule has 1 heterocycles. The summed E-state index contributed by atoms with van der Waals surface area (Å²) in [6, 6.07) is 16.1. The molecular formula is C21H21N3O4. The van der Waals surface area contributed by atoms with Gasteiger partial charge in [0.25, 0.3) is 5.91 Å². The highest BCUT2D eigenvalue weighted by molar-refractivity contribution is 5.92. The average molecular weight is 379 g/mol. The molecule has 1 amide bonds. The van der Waals surface area contributed by atoms with Crippen LogP contribution in [0.3, 0.4) is 0 Å². The van der Waals surface area contributed by atoms with Crippen LogP contribution in [0.2, 0.25) is 0 Å². The van der Waals surface area contributed by atoms with Crippen LogP contribution in [-0.2, 0) is 6.54 Å². The van der Waals surface area contributed by atoms with Gasteiger partial charge in [-0.15, -0.1) is 0 Å². The molecule has 0 spiro atoms. The van der Waals surface area contributed by atoms with Gasteiger partial charge in [0.1, 0.15) is 5.75 Å². The molecular weight excluding hydrogens is 358 g/mol. The number of nitrogens with zero attached hydrogens (tertiary/aromatic N) is 2. The Hall–Kier alpha value is -3.61. The van der Waals surface area contributed by atoms with Gasteiger partial charge in [-0.05, 0) is 36.8 Å². The Morgan fingerprint density at radius 1 is 1.04 bits per heavy atom. The van der Waals surface area contributed by atoms with E-state index in [1.807, 2.05) is 43.3 Å². The molecule has 0 radical (unpaired) electrons. The standard InChI is InChI=1S/C21H21N3O4/c1-14-4-8-16(9-5-14)24-19(28-3)12-18(25)20(23-24)21(26)22-13-15-6-10-17(27-2)11-7-15/h4-12H,13H2,1-3H3,(H,22,26). The molecule has 3 aromatic rings. The van der Waals surface area contributed by atoms with Gasteiger partial charge in [0.15, 0.2) is 5.69 Å². The molecule has 0 bridgehead atoms. The van der Waals surface area contributed by atoms with Crippen molar-refractivity contribution < 1.29 is 14.3 Å². The molecule has 1 N–H and O–H groups in total. The molecule has 0 aliphatic carbocycles. The average Bonchev–Trinajstić information content (AvgIpc) is 2.72. The van der Waals surface area contributed by atoms with Gasteiger partial charge < -0.3 is 14.8 Å². The molecule has 2 aromatic carbocycles. The third kappa shape index (κ3) is 4.20. The van der Waals surface area contributed by atoms with Crippen molar-refractivity contribution in [1.82, 2.24) is 15.1 Å². The Kier molecular flexibility index (Phi) is 5.74. The molecule has 0 saturated heterocycles. The topological polar surface area (TPSA) is 82.4 Å². The van der Waals surface area contributed by atoms with Gasteiger partial charge in [0.2, 0.25) is 11.3 Å². The lowest BCUT2D eigenvalue weighted by atomic mass is 10.2. The van der Waals surface area contributed by atoms with E-state index in [2.05, 4.69) is 10.4 Å². The number of rotatable bonds is 6. The van der Waals surface area contributed by atoms with Crippen LogP contribution < -0.4 is 20.2 Å².